The Kier molecular flexibility index (Phi) is 5.50. The highest BCUT2D eigenvalue weighted by molar-refractivity contribution is 5.32. The number of aliphatic hydroxyl groups excluding tert-OH is 1. The second-order valence-electron chi connectivity index (χ2n) is 4.22. The van der Waals surface area contributed by atoms with Crippen LogP contribution in [0.1, 0.15) is 49.8 Å². The van der Waals surface area contributed by atoms with Gasteiger partial charge >= 0.3 is 0 Å². The molecule has 1 rings (SSSR count). The van der Waals surface area contributed by atoms with Gasteiger partial charge in [0.1, 0.15) is 0 Å². The number of hydrogen-bond acceptors (Lipinski definition) is 2. The van der Waals surface area contributed by atoms with Crippen LogP contribution in [-0.2, 0) is 0 Å². The first kappa shape index (κ1) is 13.2. The molecule has 0 aliphatic heterocycles. The normalized spacial score (nSPS) is 13.1. The van der Waals surface area contributed by atoms with Gasteiger partial charge in [-0.2, -0.15) is 0 Å². The topological polar surface area (TPSA) is 32.3 Å². The van der Waals surface area contributed by atoms with Gasteiger partial charge in [0.25, 0.3) is 0 Å². The highest BCUT2D eigenvalue weighted by Gasteiger charge is 2.16. The van der Waals surface area contributed by atoms with Crippen LogP contribution in [0.2, 0.25) is 0 Å². The predicted molar refractivity (Wildman–Crippen MR) is 68.7 cm³/mol. The minimum Gasteiger partial charge on any atom is -0.387 e. The van der Waals surface area contributed by atoms with E-state index in [2.05, 4.69) is 31.3 Å². The van der Waals surface area contributed by atoms with E-state index in [-0.39, 0.29) is 0 Å². The molecule has 0 radical (unpaired) electrons. The summed E-state index contributed by atoms with van der Waals surface area (Å²) in [6.07, 6.45) is 1.85. The highest BCUT2D eigenvalue weighted by atomic mass is 16.3. The SMILES string of the molecule is CCC(CC)c1ccccc1C(O)CNC. The van der Waals surface area contributed by atoms with E-state index in [1.807, 2.05) is 19.2 Å². The molecule has 2 nitrogen and oxygen atoms in total. The van der Waals surface area contributed by atoms with Crippen molar-refractivity contribution in [2.24, 2.45) is 0 Å². The number of benzene rings is 1. The lowest BCUT2D eigenvalue weighted by molar-refractivity contribution is 0.176. The predicted octanol–water partition coefficient (Wildman–Crippen LogP) is 2.84. The Balaban J connectivity index is 2.98. The molecule has 16 heavy (non-hydrogen) atoms. The van der Waals surface area contributed by atoms with E-state index in [0.717, 1.165) is 18.4 Å². The fraction of sp³-hybridized carbons (Fsp3) is 0.571. The van der Waals surface area contributed by atoms with E-state index in [0.29, 0.717) is 12.5 Å². The van der Waals surface area contributed by atoms with Crippen molar-refractivity contribution in [2.45, 2.75) is 38.7 Å². The number of likely N-dealkylation sites (N-methyl/N-ethyl adjacent to an activating group) is 1. The lowest BCUT2D eigenvalue weighted by Gasteiger charge is -2.20. The van der Waals surface area contributed by atoms with Crippen molar-refractivity contribution in [3.05, 3.63) is 35.4 Å². The molecule has 0 aliphatic rings. The molecule has 0 aromatic heterocycles. The lowest BCUT2D eigenvalue weighted by atomic mass is 9.88. The van der Waals surface area contributed by atoms with Gasteiger partial charge in [-0.15, -0.1) is 0 Å². The maximum atomic E-state index is 10.1. The molecular weight excluding hydrogens is 198 g/mol. The average molecular weight is 221 g/mol. The second-order valence-corrected chi connectivity index (χ2v) is 4.22. The summed E-state index contributed by atoms with van der Waals surface area (Å²) in [6, 6.07) is 8.24. The van der Waals surface area contributed by atoms with Crippen LogP contribution in [0.4, 0.5) is 0 Å². The van der Waals surface area contributed by atoms with E-state index < -0.39 is 6.10 Å². The van der Waals surface area contributed by atoms with Crippen molar-refractivity contribution in [3.63, 3.8) is 0 Å². The van der Waals surface area contributed by atoms with Crippen molar-refractivity contribution in [1.29, 1.82) is 0 Å². The fourth-order valence-corrected chi connectivity index (χ4v) is 2.22. The zero-order chi connectivity index (χ0) is 12.0. The summed E-state index contributed by atoms with van der Waals surface area (Å²) in [5, 5.41) is 13.1. The summed E-state index contributed by atoms with van der Waals surface area (Å²) in [7, 11) is 1.86. The molecular formula is C14H23NO. The Bertz CT molecular complexity index is 307. The van der Waals surface area contributed by atoms with Crippen molar-refractivity contribution in [2.75, 3.05) is 13.6 Å². The summed E-state index contributed by atoms with van der Waals surface area (Å²) in [4.78, 5) is 0. The molecule has 1 atom stereocenters. The molecule has 1 aromatic carbocycles. The molecule has 2 heteroatoms. The Labute approximate surface area is 98.7 Å². The van der Waals surface area contributed by atoms with Gasteiger partial charge in [-0.3, -0.25) is 0 Å². The molecule has 2 N–H and O–H groups in total. The molecule has 90 valence electrons. The van der Waals surface area contributed by atoms with Crippen molar-refractivity contribution in [3.8, 4) is 0 Å². The van der Waals surface area contributed by atoms with Gasteiger partial charge in [-0.1, -0.05) is 38.1 Å². The molecule has 1 aromatic rings. The van der Waals surface area contributed by atoms with Gasteiger partial charge in [-0.25, -0.2) is 0 Å². The Morgan fingerprint density at radius 3 is 2.19 bits per heavy atom. The van der Waals surface area contributed by atoms with E-state index in [9.17, 15) is 5.11 Å². The largest absolute Gasteiger partial charge is 0.387 e. The summed E-state index contributed by atoms with van der Waals surface area (Å²) in [5.41, 5.74) is 2.38. The zero-order valence-corrected chi connectivity index (χ0v) is 10.5. The van der Waals surface area contributed by atoms with Gasteiger partial charge in [0.15, 0.2) is 0 Å². The van der Waals surface area contributed by atoms with Gasteiger partial charge in [0.2, 0.25) is 0 Å². The van der Waals surface area contributed by atoms with Crippen LogP contribution in [0.5, 0.6) is 0 Å². The zero-order valence-electron chi connectivity index (χ0n) is 10.5. The molecule has 0 fully saturated rings. The van der Waals surface area contributed by atoms with Crippen molar-refractivity contribution < 1.29 is 5.11 Å². The lowest BCUT2D eigenvalue weighted by Crippen LogP contribution is -2.18. The number of aliphatic hydroxyl groups is 1. The first-order chi connectivity index (χ1) is 7.74. The second kappa shape index (κ2) is 6.66. The highest BCUT2D eigenvalue weighted by Crippen LogP contribution is 2.29. The van der Waals surface area contributed by atoms with Crippen LogP contribution in [0.3, 0.4) is 0 Å². The summed E-state index contributed by atoms with van der Waals surface area (Å²) < 4.78 is 0. The third kappa shape index (κ3) is 3.06. The average Bonchev–Trinajstić information content (AvgIpc) is 2.31. The van der Waals surface area contributed by atoms with E-state index in [4.69, 9.17) is 0 Å². The summed E-state index contributed by atoms with van der Waals surface area (Å²) in [6.45, 7) is 5.02. The Morgan fingerprint density at radius 2 is 1.69 bits per heavy atom. The number of hydrogen-bond donors (Lipinski definition) is 2. The van der Waals surface area contributed by atoms with Crippen molar-refractivity contribution >= 4 is 0 Å². The quantitative estimate of drug-likeness (QED) is 0.774. The minimum atomic E-state index is -0.401. The van der Waals surface area contributed by atoms with Gasteiger partial charge in [-0.05, 0) is 36.9 Å². The molecule has 0 bridgehead atoms. The maximum absolute atomic E-state index is 10.1. The van der Waals surface area contributed by atoms with Crippen molar-refractivity contribution in [1.82, 2.24) is 5.32 Å². The smallest absolute Gasteiger partial charge is 0.0917 e. The Hall–Kier alpha value is -0.860. The molecule has 0 saturated carbocycles. The maximum Gasteiger partial charge on any atom is 0.0917 e. The molecule has 0 aliphatic carbocycles. The minimum absolute atomic E-state index is 0.401. The van der Waals surface area contributed by atoms with E-state index >= 15 is 0 Å². The fourth-order valence-electron chi connectivity index (χ4n) is 2.22. The summed E-state index contributed by atoms with van der Waals surface area (Å²) in [5.74, 6) is 0.558. The first-order valence-electron chi connectivity index (χ1n) is 6.16. The van der Waals surface area contributed by atoms with E-state index in [1.54, 1.807) is 0 Å². The Morgan fingerprint density at radius 1 is 1.12 bits per heavy atom. The molecule has 1 unspecified atom stereocenters. The molecule has 0 amide bonds. The molecule has 0 saturated heterocycles. The van der Waals surface area contributed by atoms with Gasteiger partial charge in [0, 0.05) is 6.54 Å². The number of nitrogens with one attached hydrogen (secondary N) is 1. The molecule has 0 spiro atoms. The van der Waals surface area contributed by atoms with Gasteiger partial charge in [0.05, 0.1) is 6.10 Å². The molecule has 0 heterocycles. The summed E-state index contributed by atoms with van der Waals surface area (Å²) >= 11 is 0. The van der Waals surface area contributed by atoms with Crippen LogP contribution in [0.25, 0.3) is 0 Å². The van der Waals surface area contributed by atoms with E-state index in [1.165, 1.54) is 5.56 Å². The third-order valence-electron chi connectivity index (χ3n) is 3.18. The number of rotatable bonds is 6. The standard InChI is InChI=1S/C14H23NO/c1-4-11(5-2)12-8-6-7-9-13(12)14(16)10-15-3/h6-9,11,14-16H,4-5,10H2,1-3H3. The van der Waals surface area contributed by atoms with Crippen LogP contribution in [0, 0.1) is 0 Å². The van der Waals surface area contributed by atoms with Crippen LogP contribution < -0.4 is 5.32 Å². The van der Waals surface area contributed by atoms with Crippen LogP contribution in [0.15, 0.2) is 24.3 Å². The monoisotopic (exact) mass is 221 g/mol. The third-order valence-corrected chi connectivity index (χ3v) is 3.18. The van der Waals surface area contributed by atoms with Gasteiger partial charge < -0.3 is 10.4 Å². The first-order valence-corrected chi connectivity index (χ1v) is 6.16. The van der Waals surface area contributed by atoms with Crippen LogP contribution in [-0.4, -0.2) is 18.7 Å². The van der Waals surface area contributed by atoms with Crippen LogP contribution >= 0.6 is 0 Å².